The summed E-state index contributed by atoms with van der Waals surface area (Å²) >= 11 is 0. The molecule has 1 aromatic heterocycles. The van der Waals surface area contributed by atoms with E-state index < -0.39 is 11.9 Å². The SMILES string of the molecule is O=C(O)C=C1OC(=O)c2nnccc21. The van der Waals surface area contributed by atoms with E-state index in [1.807, 2.05) is 0 Å². The van der Waals surface area contributed by atoms with Gasteiger partial charge in [0.25, 0.3) is 0 Å². The summed E-state index contributed by atoms with van der Waals surface area (Å²) in [5.74, 6) is -1.87. The van der Waals surface area contributed by atoms with Gasteiger partial charge in [-0.1, -0.05) is 0 Å². The van der Waals surface area contributed by atoms with Crippen LogP contribution in [0.1, 0.15) is 16.1 Å². The van der Waals surface area contributed by atoms with E-state index in [4.69, 9.17) is 5.11 Å². The lowest BCUT2D eigenvalue weighted by Crippen LogP contribution is -1.98. The highest BCUT2D eigenvalue weighted by Crippen LogP contribution is 2.26. The van der Waals surface area contributed by atoms with E-state index in [9.17, 15) is 9.59 Å². The normalized spacial score (nSPS) is 16.6. The maximum absolute atomic E-state index is 11.1. The molecular weight excluding hydrogens is 188 g/mol. The fourth-order valence-electron chi connectivity index (χ4n) is 1.10. The molecule has 0 amide bonds. The summed E-state index contributed by atoms with van der Waals surface area (Å²) in [6.07, 6.45) is 2.17. The minimum atomic E-state index is -1.18. The van der Waals surface area contributed by atoms with Gasteiger partial charge in [-0.2, -0.15) is 5.10 Å². The Hall–Kier alpha value is -2.24. The number of ether oxygens (including phenoxy) is 1. The molecule has 0 aromatic carbocycles. The predicted octanol–water partition coefficient (Wildman–Crippen LogP) is 0.0725. The van der Waals surface area contributed by atoms with Crippen LogP contribution in [0.2, 0.25) is 0 Å². The monoisotopic (exact) mass is 192 g/mol. The van der Waals surface area contributed by atoms with Crippen molar-refractivity contribution in [3.05, 3.63) is 29.6 Å². The number of esters is 1. The molecule has 0 radical (unpaired) electrons. The summed E-state index contributed by atoms with van der Waals surface area (Å²) in [5.41, 5.74) is 0.396. The fraction of sp³-hybridized carbons (Fsp3) is 0. The molecule has 2 rings (SSSR count). The van der Waals surface area contributed by atoms with E-state index in [1.54, 1.807) is 0 Å². The number of aliphatic carboxylic acids is 1. The zero-order chi connectivity index (χ0) is 10.1. The maximum Gasteiger partial charge on any atom is 0.365 e. The van der Waals surface area contributed by atoms with Crippen molar-refractivity contribution in [1.82, 2.24) is 10.2 Å². The lowest BCUT2D eigenvalue weighted by atomic mass is 10.2. The first-order valence-electron chi connectivity index (χ1n) is 3.67. The van der Waals surface area contributed by atoms with Gasteiger partial charge in [0.1, 0.15) is 5.76 Å². The fourth-order valence-corrected chi connectivity index (χ4v) is 1.10. The second-order valence-electron chi connectivity index (χ2n) is 2.53. The van der Waals surface area contributed by atoms with Gasteiger partial charge in [-0.3, -0.25) is 0 Å². The molecule has 0 bridgehead atoms. The van der Waals surface area contributed by atoms with Crippen molar-refractivity contribution < 1.29 is 19.4 Å². The number of carbonyl (C=O) groups is 2. The third-order valence-electron chi connectivity index (χ3n) is 1.64. The van der Waals surface area contributed by atoms with Crippen LogP contribution in [0.15, 0.2) is 18.3 Å². The third kappa shape index (κ3) is 1.22. The minimum Gasteiger partial charge on any atom is -0.478 e. The van der Waals surface area contributed by atoms with Crippen LogP contribution in [0.3, 0.4) is 0 Å². The Morgan fingerprint density at radius 2 is 2.36 bits per heavy atom. The van der Waals surface area contributed by atoms with Crippen molar-refractivity contribution in [1.29, 1.82) is 0 Å². The number of fused-ring (bicyclic) bond motifs is 1. The molecule has 6 heteroatoms. The molecule has 70 valence electrons. The average Bonchev–Trinajstić information content (AvgIpc) is 2.44. The minimum absolute atomic E-state index is 0.00704. The first kappa shape index (κ1) is 8.36. The summed E-state index contributed by atoms with van der Waals surface area (Å²) in [6, 6.07) is 1.47. The standard InChI is InChI=1S/C8H4N2O4/c11-6(12)3-5-4-1-2-9-10-7(4)8(13)14-5/h1-3H,(H,11,12). The highest BCUT2D eigenvalue weighted by atomic mass is 16.5. The zero-order valence-electron chi connectivity index (χ0n) is 6.80. The number of carbonyl (C=O) groups excluding carboxylic acids is 1. The second kappa shape index (κ2) is 2.91. The van der Waals surface area contributed by atoms with Gasteiger partial charge in [-0.05, 0) is 6.07 Å². The molecule has 1 aliphatic heterocycles. The van der Waals surface area contributed by atoms with Gasteiger partial charge in [-0.25, -0.2) is 9.59 Å². The Bertz CT molecular complexity index is 452. The molecule has 0 aliphatic carbocycles. The van der Waals surface area contributed by atoms with Crippen LogP contribution >= 0.6 is 0 Å². The summed E-state index contributed by atoms with van der Waals surface area (Å²) in [6.45, 7) is 0. The van der Waals surface area contributed by atoms with Crippen LogP contribution in [0.4, 0.5) is 0 Å². The number of hydrogen-bond donors (Lipinski definition) is 1. The van der Waals surface area contributed by atoms with Crippen molar-refractivity contribution in [2.24, 2.45) is 0 Å². The number of carboxylic acids is 1. The third-order valence-corrected chi connectivity index (χ3v) is 1.64. The van der Waals surface area contributed by atoms with Crippen LogP contribution in [0.25, 0.3) is 5.76 Å². The molecule has 0 saturated carbocycles. The van der Waals surface area contributed by atoms with Gasteiger partial charge in [-0.15, -0.1) is 5.10 Å². The van der Waals surface area contributed by atoms with Crippen molar-refractivity contribution in [2.75, 3.05) is 0 Å². The van der Waals surface area contributed by atoms with Gasteiger partial charge in [0.2, 0.25) is 0 Å². The van der Waals surface area contributed by atoms with E-state index in [1.165, 1.54) is 12.3 Å². The molecule has 0 unspecified atom stereocenters. The molecule has 0 saturated heterocycles. The van der Waals surface area contributed by atoms with Gasteiger partial charge in [0.05, 0.1) is 17.8 Å². The van der Waals surface area contributed by atoms with Crippen molar-refractivity contribution >= 4 is 17.7 Å². The summed E-state index contributed by atoms with van der Waals surface area (Å²) in [7, 11) is 0. The number of hydrogen-bond acceptors (Lipinski definition) is 5. The van der Waals surface area contributed by atoms with E-state index in [0.717, 1.165) is 6.08 Å². The van der Waals surface area contributed by atoms with E-state index >= 15 is 0 Å². The lowest BCUT2D eigenvalue weighted by Gasteiger charge is -1.93. The predicted molar refractivity (Wildman–Crippen MR) is 43.1 cm³/mol. The Labute approximate surface area is 77.8 Å². The molecular formula is C8H4N2O4. The Morgan fingerprint density at radius 3 is 3.07 bits per heavy atom. The topological polar surface area (TPSA) is 89.4 Å². The van der Waals surface area contributed by atoms with Gasteiger partial charge in [0.15, 0.2) is 5.69 Å². The molecule has 0 fully saturated rings. The molecule has 14 heavy (non-hydrogen) atoms. The van der Waals surface area contributed by atoms with Crippen LogP contribution in [-0.2, 0) is 9.53 Å². The second-order valence-corrected chi connectivity index (χ2v) is 2.53. The van der Waals surface area contributed by atoms with E-state index in [2.05, 4.69) is 14.9 Å². The molecule has 6 nitrogen and oxygen atoms in total. The first-order chi connectivity index (χ1) is 6.68. The lowest BCUT2D eigenvalue weighted by molar-refractivity contribution is -0.131. The molecule has 2 heterocycles. The Kier molecular flexibility index (Phi) is 1.74. The maximum atomic E-state index is 11.1. The van der Waals surface area contributed by atoms with Crippen LogP contribution < -0.4 is 0 Å². The van der Waals surface area contributed by atoms with Crippen molar-refractivity contribution in [2.45, 2.75) is 0 Å². The van der Waals surface area contributed by atoms with E-state index in [0.29, 0.717) is 5.56 Å². The number of carboxylic acid groups (broad SMARTS) is 1. The van der Waals surface area contributed by atoms with Crippen LogP contribution in [-0.4, -0.2) is 27.2 Å². The van der Waals surface area contributed by atoms with Crippen LogP contribution in [0, 0.1) is 0 Å². The Balaban J connectivity index is 2.54. The smallest absolute Gasteiger partial charge is 0.365 e. The number of rotatable bonds is 1. The number of nitrogens with zero attached hydrogens (tertiary/aromatic N) is 2. The average molecular weight is 192 g/mol. The molecule has 0 atom stereocenters. The van der Waals surface area contributed by atoms with Gasteiger partial charge >= 0.3 is 11.9 Å². The summed E-state index contributed by atoms with van der Waals surface area (Å²) in [5, 5.41) is 15.5. The molecule has 0 spiro atoms. The molecule has 1 aromatic rings. The molecule has 1 N–H and O–H groups in total. The summed E-state index contributed by atoms with van der Waals surface area (Å²) in [4.78, 5) is 21.5. The largest absolute Gasteiger partial charge is 0.478 e. The number of aromatic nitrogens is 2. The molecule has 1 aliphatic rings. The van der Waals surface area contributed by atoms with Crippen molar-refractivity contribution in [3.8, 4) is 0 Å². The van der Waals surface area contributed by atoms with E-state index in [-0.39, 0.29) is 11.5 Å². The van der Waals surface area contributed by atoms with Crippen LogP contribution in [0.5, 0.6) is 0 Å². The highest BCUT2D eigenvalue weighted by Gasteiger charge is 2.28. The Morgan fingerprint density at radius 1 is 1.57 bits per heavy atom. The first-order valence-corrected chi connectivity index (χ1v) is 3.67. The summed E-state index contributed by atoms with van der Waals surface area (Å²) < 4.78 is 4.68. The van der Waals surface area contributed by atoms with Crippen molar-refractivity contribution in [3.63, 3.8) is 0 Å². The quantitative estimate of drug-likeness (QED) is 0.500. The number of cyclic esters (lactones) is 1. The van der Waals surface area contributed by atoms with Gasteiger partial charge < -0.3 is 9.84 Å². The van der Waals surface area contributed by atoms with Gasteiger partial charge in [0, 0.05) is 0 Å². The zero-order valence-corrected chi connectivity index (χ0v) is 6.80. The highest BCUT2D eigenvalue weighted by molar-refractivity contribution is 6.04.